The van der Waals surface area contributed by atoms with Crippen LogP contribution >= 0.6 is 0 Å². The third kappa shape index (κ3) is 5.58. The Balaban J connectivity index is 1.82. The summed E-state index contributed by atoms with van der Waals surface area (Å²) in [6.07, 6.45) is 5.20. The summed E-state index contributed by atoms with van der Waals surface area (Å²) in [7, 11) is 0. The van der Waals surface area contributed by atoms with Gasteiger partial charge in [0.2, 0.25) is 0 Å². The summed E-state index contributed by atoms with van der Waals surface area (Å²) >= 11 is 0. The minimum absolute atomic E-state index is 0.774. The Morgan fingerprint density at radius 1 is 1.14 bits per heavy atom. The molecule has 3 N–H and O–H groups in total. The molecule has 14 heavy (non-hydrogen) atoms. The first-order valence-corrected chi connectivity index (χ1v) is 6.08. The van der Waals surface area contributed by atoms with E-state index in [0.717, 1.165) is 12.6 Å². The van der Waals surface area contributed by atoms with E-state index >= 15 is 0 Å². The lowest BCUT2D eigenvalue weighted by Gasteiger charge is -2.23. The van der Waals surface area contributed by atoms with Gasteiger partial charge in [0.15, 0.2) is 0 Å². The molecule has 0 aromatic carbocycles. The van der Waals surface area contributed by atoms with Crippen molar-refractivity contribution >= 4 is 0 Å². The number of nitrogens with one attached hydrogen (secondary N) is 3. The second-order valence-corrected chi connectivity index (χ2v) is 4.04. The Labute approximate surface area is 88.0 Å². The molecule has 1 fully saturated rings. The van der Waals surface area contributed by atoms with Crippen molar-refractivity contribution in [2.24, 2.45) is 0 Å². The lowest BCUT2D eigenvalue weighted by atomic mass is 10.1. The van der Waals surface area contributed by atoms with Gasteiger partial charge in [-0.3, -0.25) is 0 Å². The molecule has 0 radical (unpaired) electrons. The molecule has 1 heterocycles. The van der Waals surface area contributed by atoms with Gasteiger partial charge in [0.25, 0.3) is 0 Å². The van der Waals surface area contributed by atoms with Gasteiger partial charge in [-0.2, -0.15) is 0 Å². The average Bonchev–Trinajstić information content (AvgIpc) is 2.25. The normalized spacial score (nSPS) is 18.6. The van der Waals surface area contributed by atoms with E-state index in [0.29, 0.717) is 0 Å². The van der Waals surface area contributed by atoms with Crippen LogP contribution in [0.1, 0.15) is 32.6 Å². The predicted octanol–water partition coefficient (Wildman–Crippen LogP) is 0.718. The monoisotopic (exact) mass is 199 g/mol. The van der Waals surface area contributed by atoms with Gasteiger partial charge in [0, 0.05) is 6.04 Å². The fourth-order valence-electron chi connectivity index (χ4n) is 1.88. The molecule has 1 rings (SSSR count). The van der Waals surface area contributed by atoms with E-state index in [1.165, 1.54) is 51.9 Å². The molecule has 0 amide bonds. The third-order valence-corrected chi connectivity index (χ3v) is 2.80. The van der Waals surface area contributed by atoms with E-state index in [4.69, 9.17) is 0 Å². The quantitative estimate of drug-likeness (QED) is 0.529. The highest BCUT2D eigenvalue weighted by molar-refractivity contribution is 4.73. The second-order valence-electron chi connectivity index (χ2n) is 4.04. The molecule has 1 aliphatic rings. The Morgan fingerprint density at radius 2 is 1.86 bits per heavy atom. The van der Waals surface area contributed by atoms with E-state index in [1.54, 1.807) is 0 Å². The van der Waals surface area contributed by atoms with Crippen LogP contribution in [0.3, 0.4) is 0 Å². The van der Waals surface area contributed by atoms with Crippen molar-refractivity contribution in [1.29, 1.82) is 0 Å². The second kappa shape index (κ2) is 8.21. The molecular formula is C11H25N3. The van der Waals surface area contributed by atoms with Crippen LogP contribution in [0.2, 0.25) is 0 Å². The van der Waals surface area contributed by atoms with Crippen LogP contribution in [-0.2, 0) is 0 Å². The SMILES string of the molecule is CCNCCCCNC1CCNCC1. The van der Waals surface area contributed by atoms with Crippen molar-refractivity contribution in [2.75, 3.05) is 32.7 Å². The first-order chi connectivity index (χ1) is 6.93. The van der Waals surface area contributed by atoms with Crippen molar-refractivity contribution in [2.45, 2.75) is 38.6 Å². The van der Waals surface area contributed by atoms with Crippen LogP contribution in [-0.4, -0.2) is 38.8 Å². The first-order valence-electron chi connectivity index (χ1n) is 6.08. The molecule has 0 saturated carbocycles. The van der Waals surface area contributed by atoms with Crippen LogP contribution in [0.4, 0.5) is 0 Å². The van der Waals surface area contributed by atoms with Gasteiger partial charge in [0.05, 0.1) is 0 Å². The van der Waals surface area contributed by atoms with Crippen molar-refractivity contribution in [3.8, 4) is 0 Å². The highest BCUT2D eigenvalue weighted by Gasteiger charge is 2.10. The Hall–Kier alpha value is -0.120. The van der Waals surface area contributed by atoms with Crippen molar-refractivity contribution in [1.82, 2.24) is 16.0 Å². The van der Waals surface area contributed by atoms with Crippen LogP contribution in [0.5, 0.6) is 0 Å². The zero-order valence-corrected chi connectivity index (χ0v) is 9.44. The summed E-state index contributed by atoms with van der Waals surface area (Å²) in [5.74, 6) is 0. The molecule has 0 spiro atoms. The van der Waals surface area contributed by atoms with Crippen LogP contribution in [0, 0.1) is 0 Å². The number of piperidine rings is 1. The highest BCUT2D eigenvalue weighted by Crippen LogP contribution is 2.01. The summed E-state index contributed by atoms with van der Waals surface area (Å²) in [4.78, 5) is 0. The molecule has 0 aromatic rings. The molecule has 1 aliphatic heterocycles. The number of hydrogen-bond donors (Lipinski definition) is 3. The van der Waals surface area contributed by atoms with Crippen molar-refractivity contribution in [3.05, 3.63) is 0 Å². The smallest absolute Gasteiger partial charge is 0.00912 e. The van der Waals surface area contributed by atoms with Gasteiger partial charge in [-0.15, -0.1) is 0 Å². The molecule has 0 bridgehead atoms. The minimum Gasteiger partial charge on any atom is -0.317 e. The zero-order valence-electron chi connectivity index (χ0n) is 9.44. The molecule has 0 unspecified atom stereocenters. The molecule has 3 nitrogen and oxygen atoms in total. The van der Waals surface area contributed by atoms with Crippen molar-refractivity contribution < 1.29 is 0 Å². The van der Waals surface area contributed by atoms with E-state index in [-0.39, 0.29) is 0 Å². The maximum Gasteiger partial charge on any atom is 0.00912 e. The third-order valence-electron chi connectivity index (χ3n) is 2.80. The largest absolute Gasteiger partial charge is 0.317 e. The van der Waals surface area contributed by atoms with Gasteiger partial charge in [-0.1, -0.05) is 6.92 Å². The van der Waals surface area contributed by atoms with Gasteiger partial charge in [-0.25, -0.2) is 0 Å². The average molecular weight is 199 g/mol. The fraction of sp³-hybridized carbons (Fsp3) is 1.00. The van der Waals surface area contributed by atoms with E-state index in [1.807, 2.05) is 0 Å². The molecule has 0 aromatic heterocycles. The molecule has 0 atom stereocenters. The molecule has 84 valence electrons. The Morgan fingerprint density at radius 3 is 2.57 bits per heavy atom. The van der Waals surface area contributed by atoms with E-state index in [2.05, 4.69) is 22.9 Å². The lowest BCUT2D eigenvalue weighted by molar-refractivity contribution is 0.384. The Bertz CT molecular complexity index is 122. The number of rotatable bonds is 7. The standard InChI is InChI=1S/C11H25N3/c1-2-12-7-3-4-8-14-11-5-9-13-10-6-11/h11-14H,2-10H2,1H3. The van der Waals surface area contributed by atoms with E-state index in [9.17, 15) is 0 Å². The number of hydrogen-bond acceptors (Lipinski definition) is 3. The molecule has 3 heteroatoms. The maximum atomic E-state index is 3.63. The van der Waals surface area contributed by atoms with Gasteiger partial charge in [-0.05, 0) is 58.4 Å². The van der Waals surface area contributed by atoms with Crippen LogP contribution in [0.25, 0.3) is 0 Å². The maximum absolute atomic E-state index is 3.63. The zero-order chi connectivity index (χ0) is 10.1. The minimum atomic E-state index is 0.774. The fourth-order valence-corrected chi connectivity index (χ4v) is 1.88. The number of unbranched alkanes of at least 4 members (excludes halogenated alkanes) is 1. The van der Waals surface area contributed by atoms with Crippen molar-refractivity contribution in [3.63, 3.8) is 0 Å². The molecule has 1 saturated heterocycles. The topological polar surface area (TPSA) is 36.1 Å². The summed E-state index contributed by atoms with van der Waals surface area (Å²) < 4.78 is 0. The van der Waals surface area contributed by atoms with Crippen LogP contribution in [0.15, 0.2) is 0 Å². The Kier molecular flexibility index (Phi) is 7.01. The van der Waals surface area contributed by atoms with Gasteiger partial charge >= 0.3 is 0 Å². The summed E-state index contributed by atoms with van der Waals surface area (Å²) in [6, 6.07) is 0.774. The first kappa shape index (κ1) is 12.0. The summed E-state index contributed by atoms with van der Waals surface area (Å²) in [5, 5.41) is 10.4. The van der Waals surface area contributed by atoms with Gasteiger partial charge in [0.1, 0.15) is 0 Å². The van der Waals surface area contributed by atoms with Gasteiger partial charge < -0.3 is 16.0 Å². The van der Waals surface area contributed by atoms with Crippen LogP contribution < -0.4 is 16.0 Å². The lowest BCUT2D eigenvalue weighted by Crippen LogP contribution is -2.40. The summed E-state index contributed by atoms with van der Waals surface area (Å²) in [5.41, 5.74) is 0. The highest BCUT2D eigenvalue weighted by atomic mass is 15.0. The predicted molar refractivity (Wildman–Crippen MR) is 61.7 cm³/mol. The molecule has 0 aliphatic carbocycles. The van der Waals surface area contributed by atoms with E-state index < -0.39 is 0 Å². The summed E-state index contributed by atoms with van der Waals surface area (Å²) in [6.45, 7) is 8.00. The molecular weight excluding hydrogens is 174 g/mol.